The first-order valence-electron chi connectivity index (χ1n) is 5.37. The maximum atomic E-state index is 12.4. The minimum atomic E-state index is -3.24. The lowest BCUT2D eigenvalue weighted by molar-refractivity contribution is 0.347. The van der Waals surface area contributed by atoms with Gasteiger partial charge in [-0.05, 0) is 25.0 Å². The fourth-order valence-corrected chi connectivity index (χ4v) is 4.71. The van der Waals surface area contributed by atoms with Crippen molar-refractivity contribution in [2.45, 2.75) is 28.9 Å². The summed E-state index contributed by atoms with van der Waals surface area (Å²) in [7, 11) is -3.24. The molecule has 16 heavy (non-hydrogen) atoms. The zero-order chi connectivity index (χ0) is 11.4. The van der Waals surface area contributed by atoms with Crippen LogP contribution in [0, 0.1) is 0 Å². The molecule has 0 saturated heterocycles. The van der Waals surface area contributed by atoms with E-state index < -0.39 is 14.6 Å². The van der Waals surface area contributed by atoms with Crippen molar-refractivity contribution in [2.24, 2.45) is 0 Å². The van der Waals surface area contributed by atoms with Crippen LogP contribution in [0.1, 0.15) is 19.3 Å². The smallest absolute Gasteiger partial charge is 0.187 e. The Labute approximate surface area is 94.2 Å². The second kappa shape index (κ2) is 2.91. The van der Waals surface area contributed by atoms with Crippen LogP contribution in [-0.4, -0.2) is 24.8 Å². The fourth-order valence-electron chi connectivity index (χ4n) is 2.49. The lowest BCUT2D eigenvalue weighted by Gasteiger charge is -2.44. The minimum Gasteiger partial charge on any atom is -0.508 e. The summed E-state index contributed by atoms with van der Waals surface area (Å²) in [5.41, 5.74) is 0.525. The summed E-state index contributed by atoms with van der Waals surface area (Å²) in [4.78, 5) is 0.330. The van der Waals surface area contributed by atoms with Crippen LogP contribution >= 0.6 is 0 Å². The molecule has 86 valence electrons. The summed E-state index contributed by atoms with van der Waals surface area (Å²) in [5.74, 6) is 0.0889. The number of phenols is 1. The molecule has 0 atom stereocenters. The van der Waals surface area contributed by atoms with E-state index in [9.17, 15) is 13.5 Å². The molecule has 0 radical (unpaired) electrons. The van der Waals surface area contributed by atoms with Crippen LogP contribution in [0.15, 0.2) is 23.1 Å². The van der Waals surface area contributed by atoms with Gasteiger partial charge in [0.1, 0.15) is 5.75 Å². The first-order valence-corrected chi connectivity index (χ1v) is 6.85. The van der Waals surface area contributed by atoms with Gasteiger partial charge < -0.3 is 10.4 Å². The molecule has 2 N–H and O–H groups in total. The molecule has 5 heteroatoms. The molecular weight excluding hydrogens is 226 g/mol. The van der Waals surface area contributed by atoms with E-state index in [1.807, 2.05) is 0 Å². The summed E-state index contributed by atoms with van der Waals surface area (Å²) in [5, 5.41) is 12.4. The van der Waals surface area contributed by atoms with E-state index in [0.29, 0.717) is 17.1 Å². The minimum absolute atomic E-state index is 0.0889. The lowest BCUT2D eigenvalue weighted by Crippen LogP contribution is -2.53. The number of anilines is 1. The Morgan fingerprint density at radius 3 is 2.69 bits per heavy atom. The summed E-state index contributed by atoms with van der Waals surface area (Å²) in [6.45, 7) is 0.464. The van der Waals surface area contributed by atoms with Gasteiger partial charge in [0.05, 0.1) is 15.3 Å². The van der Waals surface area contributed by atoms with Crippen LogP contribution in [0.2, 0.25) is 0 Å². The molecule has 1 aliphatic heterocycles. The average Bonchev–Trinajstić information content (AvgIpc) is 2.14. The highest BCUT2D eigenvalue weighted by Gasteiger charge is 2.52. The van der Waals surface area contributed by atoms with Crippen LogP contribution in [0.25, 0.3) is 0 Å². The van der Waals surface area contributed by atoms with E-state index in [-0.39, 0.29) is 5.75 Å². The first-order chi connectivity index (χ1) is 7.55. The monoisotopic (exact) mass is 239 g/mol. The van der Waals surface area contributed by atoms with Gasteiger partial charge in [0, 0.05) is 12.6 Å². The molecule has 1 aromatic carbocycles. The number of aromatic hydroxyl groups is 1. The predicted molar refractivity (Wildman–Crippen MR) is 60.4 cm³/mol. The second-order valence-corrected chi connectivity index (χ2v) is 6.89. The fraction of sp³-hybridized carbons (Fsp3) is 0.455. The number of hydrogen-bond acceptors (Lipinski definition) is 4. The highest BCUT2D eigenvalue weighted by Crippen LogP contribution is 2.47. The molecule has 3 rings (SSSR count). The average molecular weight is 239 g/mol. The van der Waals surface area contributed by atoms with Crippen molar-refractivity contribution in [1.29, 1.82) is 0 Å². The number of benzene rings is 1. The molecule has 0 unspecified atom stereocenters. The van der Waals surface area contributed by atoms with Crippen molar-refractivity contribution in [2.75, 3.05) is 11.9 Å². The molecule has 1 saturated carbocycles. The van der Waals surface area contributed by atoms with Gasteiger partial charge in [-0.2, -0.15) is 0 Å². The highest BCUT2D eigenvalue weighted by molar-refractivity contribution is 7.93. The second-order valence-electron chi connectivity index (χ2n) is 4.57. The summed E-state index contributed by atoms with van der Waals surface area (Å²) in [6.07, 6.45) is 2.46. The molecule has 1 heterocycles. The number of nitrogens with one attached hydrogen (secondary N) is 1. The zero-order valence-corrected chi connectivity index (χ0v) is 9.55. The van der Waals surface area contributed by atoms with E-state index >= 15 is 0 Å². The Morgan fingerprint density at radius 1 is 1.31 bits per heavy atom. The number of phenolic OH excluding ortho intramolecular Hbond substituents is 1. The predicted octanol–water partition coefficient (Wildman–Crippen LogP) is 1.51. The van der Waals surface area contributed by atoms with Gasteiger partial charge >= 0.3 is 0 Å². The number of hydrogen-bond donors (Lipinski definition) is 2. The van der Waals surface area contributed by atoms with Gasteiger partial charge in [-0.3, -0.25) is 0 Å². The Morgan fingerprint density at radius 2 is 2.06 bits per heavy atom. The first kappa shape index (κ1) is 9.96. The number of fused-ring (bicyclic) bond motifs is 1. The van der Waals surface area contributed by atoms with Crippen LogP contribution in [-0.2, 0) is 9.84 Å². The van der Waals surface area contributed by atoms with E-state index in [1.54, 1.807) is 0 Å². The Balaban J connectivity index is 2.19. The van der Waals surface area contributed by atoms with Gasteiger partial charge in [-0.15, -0.1) is 0 Å². The quantitative estimate of drug-likeness (QED) is 0.720. The van der Waals surface area contributed by atoms with Gasteiger partial charge in [0.15, 0.2) is 9.84 Å². The third-order valence-corrected chi connectivity index (χ3v) is 6.32. The van der Waals surface area contributed by atoms with Crippen molar-refractivity contribution in [3.63, 3.8) is 0 Å². The van der Waals surface area contributed by atoms with Crippen molar-refractivity contribution in [3.05, 3.63) is 18.2 Å². The molecule has 0 amide bonds. The van der Waals surface area contributed by atoms with Crippen LogP contribution in [0.4, 0.5) is 5.69 Å². The van der Waals surface area contributed by atoms with E-state index in [2.05, 4.69) is 5.32 Å². The van der Waals surface area contributed by atoms with E-state index in [4.69, 9.17) is 0 Å². The molecule has 1 aliphatic carbocycles. The molecule has 1 spiro atoms. The van der Waals surface area contributed by atoms with Gasteiger partial charge in [-0.1, -0.05) is 6.42 Å². The molecule has 1 aromatic rings. The molecule has 1 fully saturated rings. The number of sulfone groups is 1. The lowest BCUT2D eigenvalue weighted by atomic mass is 9.84. The Bertz CT molecular complexity index is 546. The Kier molecular flexibility index (Phi) is 1.81. The van der Waals surface area contributed by atoms with Crippen LogP contribution in [0.5, 0.6) is 5.75 Å². The molecule has 2 aliphatic rings. The highest BCUT2D eigenvalue weighted by atomic mass is 32.2. The Hall–Kier alpha value is -1.23. The van der Waals surface area contributed by atoms with Crippen molar-refractivity contribution >= 4 is 15.5 Å². The largest absolute Gasteiger partial charge is 0.508 e. The van der Waals surface area contributed by atoms with Crippen LogP contribution in [0.3, 0.4) is 0 Å². The summed E-state index contributed by atoms with van der Waals surface area (Å²) < 4.78 is 24.2. The third-order valence-electron chi connectivity index (χ3n) is 3.69. The SMILES string of the molecule is O=S1(=O)c2ccc(O)cc2NCC12CCC2. The van der Waals surface area contributed by atoms with Gasteiger partial charge in [0.2, 0.25) is 0 Å². The van der Waals surface area contributed by atoms with E-state index in [0.717, 1.165) is 19.3 Å². The number of rotatable bonds is 0. The van der Waals surface area contributed by atoms with E-state index in [1.165, 1.54) is 18.2 Å². The van der Waals surface area contributed by atoms with Crippen molar-refractivity contribution in [3.8, 4) is 5.75 Å². The van der Waals surface area contributed by atoms with Crippen molar-refractivity contribution in [1.82, 2.24) is 0 Å². The molecular formula is C11H13NO3S. The molecule has 0 bridgehead atoms. The third kappa shape index (κ3) is 1.06. The summed E-state index contributed by atoms with van der Waals surface area (Å²) >= 11 is 0. The van der Waals surface area contributed by atoms with Gasteiger partial charge in [-0.25, -0.2) is 8.42 Å². The van der Waals surface area contributed by atoms with Gasteiger partial charge in [0.25, 0.3) is 0 Å². The summed E-state index contributed by atoms with van der Waals surface area (Å²) in [6, 6.07) is 4.39. The normalized spacial score (nSPS) is 24.2. The zero-order valence-electron chi connectivity index (χ0n) is 8.73. The standard InChI is InChI=1S/C11H13NO3S/c13-8-2-3-10-9(6-8)12-7-11(4-1-5-11)16(10,14)15/h2-3,6,12-13H,1,4-5,7H2. The van der Waals surface area contributed by atoms with Crippen molar-refractivity contribution < 1.29 is 13.5 Å². The maximum Gasteiger partial charge on any atom is 0.187 e. The molecule has 4 nitrogen and oxygen atoms in total. The van der Waals surface area contributed by atoms with Crippen LogP contribution < -0.4 is 5.32 Å². The maximum absolute atomic E-state index is 12.4. The topological polar surface area (TPSA) is 66.4 Å². The molecule has 0 aromatic heterocycles.